The second-order valence-electron chi connectivity index (χ2n) is 4.73. The van der Waals surface area contributed by atoms with Crippen LogP contribution in [0.2, 0.25) is 0 Å². The fraction of sp³-hybridized carbons (Fsp3) is 0.462. The summed E-state index contributed by atoms with van der Waals surface area (Å²) in [7, 11) is 0. The van der Waals surface area contributed by atoms with Gasteiger partial charge in [-0.15, -0.1) is 0 Å². The molecule has 1 saturated heterocycles. The van der Waals surface area contributed by atoms with Crippen molar-refractivity contribution in [1.29, 1.82) is 0 Å². The second kappa shape index (κ2) is 5.27. The summed E-state index contributed by atoms with van der Waals surface area (Å²) < 4.78 is 0. The Morgan fingerprint density at radius 1 is 1.33 bits per heavy atom. The normalized spacial score (nSPS) is 16.8. The molecule has 1 aliphatic heterocycles. The average Bonchev–Trinajstić information content (AvgIpc) is 2.34. The number of benzene rings is 1. The number of hydrogen-bond acceptors (Lipinski definition) is 3. The number of amides is 1. The molecule has 1 fully saturated rings. The summed E-state index contributed by atoms with van der Waals surface area (Å²) in [6.45, 7) is 5.63. The van der Waals surface area contributed by atoms with E-state index in [4.69, 9.17) is 10.8 Å². The van der Waals surface area contributed by atoms with E-state index in [0.29, 0.717) is 13.1 Å². The van der Waals surface area contributed by atoms with Crippen molar-refractivity contribution in [1.82, 2.24) is 9.80 Å². The van der Waals surface area contributed by atoms with Crippen LogP contribution in [0.5, 0.6) is 0 Å². The van der Waals surface area contributed by atoms with Crippen molar-refractivity contribution in [2.75, 3.05) is 31.9 Å². The van der Waals surface area contributed by atoms with Crippen LogP contribution in [0.4, 0.5) is 10.5 Å². The third-order valence-electron chi connectivity index (χ3n) is 3.41. The van der Waals surface area contributed by atoms with Crippen LogP contribution in [0, 0.1) is 6.92 Å². The molecule has 0 saturated carbocycles. The Balaban J connectivity index is 1.95. The zero-order valence-corrected chi connectivity index (χ0v) is 10.6. The van der Waals surface area contributed by atoms with Crippen LogP contribution in [-0.4, -0.2) is 47.2 Å². The Hall–Kier alpha value is -1.75. The quantitative estimate of drug-likeness (QED) is 0.777. The molecule has 1 aromatic rings. The highest BCUT2D eigenvalue weighted by Gasteiger charge is 2.20. The largest absolute Gasteiger partial charge is 0.465 e. The zero-order valence-electron chi connectivity index (χ0n) is 10.6. The van der Waals surface area contributed by atoms with E-state index in [9.17, 15) is 4.79 Å². The molecular weight excluding hydrogens is 230 g/mol. The second-order valence-corrected chi connectivity index (χ2v) is 4.73. The van der Waals surface area contributed by atoms with Crippen LogP contribution in [0.3, 0.4) is 0 Å². The number of nitrogens with zero attached hydrogens (tertiary/aromatic N) is 2. The SMILES string of the molecule is Cc1ccc(N)cc1CN1CCN(C(=O)O)CC1. The molecule has 0 aromatic heterocycles. The monoisotopic (exact) mass is 249 g/mol. The van der Waals surface area contributed by atoms with Crippen molar-refractivity contribution in [2.45, 2.75) is 13.5 Å². The molecule has 1 aliphatic rings. The maximum atomic E-state index is 10.8. The van der Waals surface area contributed by atoms with E-state index < -0.39 is 6.09 Å². The Labute approximate surface area is 107 Å². The highest BCUT2D eigenvalue weighted by Crippen LogP contribution is 2.16. The van der Waals surface area contributed by atoms with Gasteiger partial charge in [-0.2, -0.15) is 0 Å². The standard InChI is InChI=1S/C13H19N3O2/c1-10-2-3-12(14)8-11(10)9-15-4-6-16(7-5-15)13(17)18/h2-3,8H,4-7,9,14H2,1H3,(H,17,18). The Bertz CT molecular complexity index is 440. The Morgan fingerprint density at radius 2 is 2.00 bits per heavy atom. The summed E-state index contributed by atoms with van der Waals surface area (Å²) in [5.74, 6) is 0. The van der Waals surface area contributed by atoms with Gasteiger partial charge in [-0.3, -0.25) is 4.90 Å². The number of rotatable bonds is 2. The van der Waals surface area contributed by atoms with Gasteiger partial charge in [-0.25, -0.2) is 4.79 Å². The molecule has 0 spiro atoms. The molecular formula is C13H19N3O2. The summed E-state index contributed by atoms with van der Waals surface area (Å²) in [6.07, 6.45) is -0.824. The summed E-state index contributed by atoms with van der Waals surface area (Å²) in [6, 6.07) is 5.93. The van der Waals surface area contributed by atoms with Gasteiger partial charge in [0.05, 0.1) is 0 Å². The molecule has 0 bridgehead atoms. The third kappa shape index (κ3) is 2.92. The fourth-order valence-electron chi connectivity index (χ4n) is 2.20. The topological polar surface area (TPSA) is 69.8 Å². The summed E-state index contributed by atoms with van der Waals surface area (Å²) in [5, 5.41) is 8.89. The first kappa shape index (κ1) is 12.7. The zero-order chi connectivity index (χ0) is 13.1. The smallest absolute Gasteiger partial charge is 0.407 e. The number of nitrogens with two attached hydrogens (primary N) is 1. The molecule has 0 unspecified atom stereocenters. The lowest BCUT2D eigenvalue weighted by Gasteiger charge is -2.33. The molecule has 0 radical (unpaired) electrons. The predicted octanol–water partition coefficient (Wildman–Crippen LogP) is 1.37. The van der Waals surface area contributed by atoms with Gasteiger partial charge in [0.1, 0.15) is 0 Å². The van der Waals surface area contributed by atoms with Crippen molar-refractivity contribution in [3.8, 4) is 0 Å². The van der Waals surface area contributed by atoms with E-state index in [-0.39, 0.29) is 0 Å². The first-order chi connectivity index (χ1) is 8.56. The van der Waals surface area contributed by atoms with Crippen LogP contribution in [-0.2, 0) is 6.54 Å². The molecule has 0 aliphatic carbocycles. The van der Waals surface area contributed by atoms with Crippen molar-refractivity contribution in [3.05, 3.63) is 29.3 Å². The number of aryl methyl sites for hydroxylation is 1. The molecule has 1 heterocycles. The van der Waals surface area contributed by atoms with Crippen LogP contribution in [0.15, 0.2) is 18.2 Å². The van der Waals surface area contributed by atoms with Crippen LogP contribution < -0.4 is 5.73 Å². The molecule has 0 atom stereocenters. The lowest BCUT2D eigenvalue weighted by atomic mass is 10.1. The lowest BCUT2D eigenvalue weighted by molar-refractivity contribution is 0.103. The van der Waals surface area contributed by atoms with Crippen LogP contribution in [0.1, 0.15) is 11.1 Å². The van der Waals surface area contributed by atoms with E-state index in [1.807, 2.05) is 18.2 Å². The van der Waals surface area contributed by atoms with Crippen LogP contribution in [0.25, 0.3) is 0 Å². The van der Waals surface area contributed by atoms with E-state index in [1.165, 1.54) is 16.0 Å². The molecule has 5 heteroatoms. The van der Waals surface area contributed by atoms with Gasteiger partial charge < -0.3 is 15.7 Å². The average molecular weight is 249 g/mol. The molecule has 2 rings (SSSR count). The first-order valence-electron chi connectivity index (χ1n) is 6.11. The maximum Gasteiger partial charge on any atom is 0.407 e. The van der Waals surface area contributed by atoms with Crippen molar-refractivity contribution in [2.24, 2.45) is 0 Å². The van der Waals surface area contributed by atoms with Crippen molar-refractivity contribution >= 4 is 11.8 Å². The van der Waals surface area contributed by atoms with Gasteiger partial charge >= 0.3 is 6.09 Å². The summed E-state index contributed by atoms with van der Waals surface area (Å²) >= 11 is 0. The lowest BCUT2D eigenvalue weighted by Crippen LogP contribution is -2.47. The number of hydrogen-bond donors (Lipinski definition) is 2. The molecule has 1 aromatic carbocycles. The summed E-state index contributed by atoms with van der Waals surface area (Å²) in [4.78, 5) is 14.5. The number of piperazine rings is 1. The number of carboxylic acid groups (broad SMARTS) is 1. The molecule has 18 heavy (non-hydrogen) atoms. The minimum absolute atomic E-state index is 0.580. The maximum absolute atomic E-state index is 10.8. The predicted molar refractivity (Wildman–Crippen MR) is 70.5 cm³/mol. The fourth-order valence-corrected chi connectivity index (χ4v) is 2.20. The van der Waals surface area contributed by atoms with Gasteiger partial charge in [0.25, 0.3) is 0 Å². The minimum atomic E-state index is -0.824. The van der Waals surface area contributed by atoms with E-state index >= 15 is 0 Å². The first-order valence-corrected chi connectivity index (χ1v) is 6.11. The highest BCUT2D eigenvalue weighted by atomic mass is 16.4. The molecule has 1 amide bonds. The van der Waals surface area contributed by atoms with Gasteiger partial charge in [-0.1, -0.05) is 6.07 Å². The van der Waals surface area contributed by atoms with Crippen LogP contribution >= 0.6 is 0 Å². The number of nitrogen functional groups attached to an aromatic ring is 1. The summed E-state index contributed by atoms with van der Waals surface area (Å²) in [5.41, 5.74) is 9.02. The van der Waals surface area contributed by atoms with Gasteiger partial charge in [0.2, 0.25) is 0 Å². The number of anilines is 1. The minimum Gasteiger partial charge on any atom is -0.465 e. The van der Waals surface area contributed by atoms with Gasteiger partial charge in [0.15, 0.2) is 0 Å². The van der Waals surface area contributed by atoms with Crippen molar-refractivity contribution in [3.63, 3.8) is 0 Å². The van der Waals surface area contributed by atoms with E-state index in [0.717, 1.165) is 25.3 Å². The van der Waals surface area contributed by atoms with E-state index in [1.54, 1.807) is 0 Å². The van der Waals surface area contributed by atoms with Gasteiger partial charge in [0, 0.05) is 38.4 Å². The molecule has 5 nitrogen and oxygen atoms in total. The highest BCUT2D eigenvalue weighted by molar-refractivity contribution is 5.65. The Kier molecular flexibility index (Phi) is 3.72. The number of carbonyl (C=O) groups is 1. The Morgan fingerprint density at radius 3 is 2.61 bits per heavy atom. The molecule has 3 N–H and O–H groups in total. The third-order valence-corrected chi connectivity index (χ3v) is 3.41. The van der Waals surface area contributed by atoms with Crippen molar-refractivity contribution < 1.29 is 9.90 Å². The molecule has 98 valence electrons. The van der Waals surface area contributed by atoms with E-state index in [2.05, 4.69) is 11.8 Å². The van der Waals surface area contributed by atoms with Gasteiger partial charge in [-0.05, 0) is 30.2 Å².